The summed E-state index contributed by atoms with van der Waals surface area (Å²) in [5.41, 5.74) is 0.899. The molecule has 27 heavy (non-hydrogen) atoms. The van der Waals surface area contributed by atoms with Crippen molar-refractivity contribution < 1.29 is 19.2 Å². The standard InChI is InChI=1S/C18H19ClN2O5S/c1-25-17-10-14(6-7-16(17)21(23)24)26-11-18(22)20-8-9-27-12-13-4-2-3-5-15(13)19/h2-7,10H,8-9,11-12H2,1H3,(H,20,22). The van der Waals surface area contributed by atoms with Crippen LogP contribution in [0.15, 0.2) is 42.5 Å². The van der Waals surface area contributed by atoms with Crippen molar-refractivity contribution in [2.75, 3.05) is 26.0 Å². The Labute approximate surface area is 166 Å². The zero-order valence-corrected chi connectivity index (χ0v) is 16.2. The molecule has 2 aromatic carbocycles. The number of nitrogens with zero attached hydrogens (tertiary/aromatic N) is 1. The molecule has 0 atom stereocenters. The average molecular weight is 411 g/mol. The van der Waals surface area contributed by atoms with Gasteiger partial charge in [-0.3, -0.25) is 14.9 Å². The van der Waals surface area contributed by atoms with E-state index in [1.54, 1.807) is 11.8 Å². The van der Waals surface area contributed by atoms with E-state index in [0.717, 1.165) is 22.1 Å². The van der Waals surface area contributed by atoms with E-state index in [4.69, 9.17) is 21.1 Å². The first-order valence-corrected chi connectivity index (χ1v) is 9.57. The van der Waals surface area contributed by atoms with Crippen LogP contribution in [0.4, 0.5) is 5.69 Å². The Morgan fingerprint density at radius 1 is 1.30 bits per heavy atom. The first-order chi connectivity index (χ1) is 13.0. The Balaban J connectivity index is 1.69. The van der Waals surface area contributed by atoms with Crippen molar-refractivity contribution in [2.24, 2.45) is 0 Å². The maximum absolute atomic E-state index is 11.8. The number of methoxy groups -OCH3 is 1. The fraction of sp³-hybridized carbons (Fsp3) is 0.278. The first-order valence-electron chi connectivity index (χ1n) is 8.04. The topological polar surface area (TPSA) is 90.7 Å². The van der Waals surface area contributed by atoms with E-state index >= 15 is 0 Å². The van der Waals surface area contributed by atoms with Crippen molar-refractivity contribution in [1.82, 2.24) is 5.32 Å². The van der Waals surface area contributed by atoms with Crippen LogP contribution in [-0.4, -0.2) is 36.8 Å². The van der Waals surface area contributed by atoms with E-state index in [9.17, 15) is 14.9 Å². The summed E-state index contributed by atoms with van der Waals surface area (Å²) in [7, 11) is 1.33. The molecule has 1 N–H and O–H groups in total. The molecule has 0 aliphatic carbocycles. The van der Waals surface area contributed by atoms with E-state index in [0.29, 0.717) is 12.3 Å². The molecule has 144 valence electrons. The van der Waals surface area contributed by atoms with Gasteiger partial charge >= 0.3 is 5.69 Å². The number of hydrogen-bond donors (Lipinski definition) is 1. The maximum atomic E-state index is 11.8. The van der Waals surface area contributed by atoms with Gasteiger partial charge in [-0.2, -0.15) is 11.8 Å². The van der Waals surface area contributed by atoms with Crippen LogP contribution in [0.3, 0.4) is 0 Å². The predicted octanol–water partition coefficient (Wildman–Crippen LogP) is 3.69. The monoisotopic (exact) mass is 410 g/mol. The van der Waals surface area contributed by atoms with Gasteiger partial charge in [0.1, 0.15) is 5.75 Å². The third-order valence-electron chi connectivity index (χ3n) is 3.50. The fourth-order valence-corrected chi connectivity index (χ4v) is 3.30. The largest absolute Gasteiger partial charge is 0.490 e. The molecular formula is C18H19ClN2O5S. The van der Waals surface area contributed by atoms with E-state index < -0.39 is 4.92 Å². The Bertz CT molecular complexity index is 803. The summed E-state index contributed by atoms with van der Waals surface area (Å²) in [5.74, 6) is 1.64. The van der Waals surface area contributed by atoms with Gasteiger partial charge in [0.2, 0.25) is 5.75 Å². The second kappa shape index (κ2) is 10.6. The first kappa shape index (κ1) is 20.9. The zero-order valence-electron chi connectivity index (χ0n) is 14.6. The van der Waals surface area contributed by atoms with E-state index in [-0.39, 0.29) is 24.0 Å². The number of carbonyl (C=O) groups is 1. The average Bonchev–Trinajstić information content (AvgIpc) is 2.67. The fourth-order valence-electron chi connectivity index (χ4n) is 2.16. The van der Waals surface area contributed by atoms with Crippen LogP contribution < -0.4 is 14.8 Å². The highest BCUT2D eigenvalue weighted by Gasteiger charge is 2.15. The smallest absolute Gasteiger partial charge is 0.311 e. The predicted molar refractivity (Wildman–Crippen MR) is 106 cm³/mol. The number of amides is 1. The van der Waals surface area contributed by atoms with Gasteiger partial charge in [-0.15, -0.1) is 0 Å². The minimum absolute atomic E-state index is 0.0777. The van der Waals surface area contributed by atoms with Crippen molar-refractivity contribution >= 4 is 35.0 Å². The number of rotatable bonds is 10. The van der Waals surface area contributed by atoms with Crippen LogP contribution in [-0.2, 0) is 10.5 Å². The highest BCUT2D eigenvalue weighted by Crippen LogP contribution is 2.30. The third-order valence-corrected chi connectivity index (χ3v) is 4.88. The second-order valence-electron chi connectivity index (χ2n) is 5.37. The molecule has 0 aliphatic heterocycles. The van der Waals surface area contributed by atoms with Gasteiger partial charge in [0.05, 0.1) is 12.0 Å². The van der Waals surface area contributed by atoms with Crippen molar-refractivity contribution in [1.29, 1.82) is 0 Å². The van der Waals surface area contributed by atoms with Gasteiger partial charge in [-0.1, -0.05) is 29.8 Å². The van der Waals surface area contributed by atoms with Crippen LogP contribution in [0.25, 0.3) is 0 Å². The van der Waals surface area contributed by atoms with Crippen LogP contribution in [0, 0.1) is 10.1 Å². The number of nitro benzene ring substituents is 1. The highest BCUT2D eigenvalue weighted by molar-refractivity contribution is 7.98. The summed E-state index contributed by atoms with van der Waals surface area (Å²) in [4.78, 5) is 22.1. The molecule has 0 radical (unpaired) electrons. The van der Waals surface area contributed by atoms with Gasteiger partial charge in [0.15, 0.2) is 6.61 Å². The minimum atomic E-state index is -0.546. The number of nitro groups is 1. The molecule has 2 aromatic rings. The van der Waals surface area contributed by atoms with Gasteiger partial charge in [0, 0.05) is 35.2 Å². The summed E-state index contributed by atoms with van der Waals surface area (Å²) >= 11 is 7.76. The van der Waals surface area contributed by atoms with Gasteiger partial charge in [0.25, 0.3) is 5.91 Å². The number of ether oxygens (including phenoxy) is 2. The molecule has 0 unspecified atom stereocenters. The second-order valence-corrected chi connectivity index (χ2v) is 6.89. The summed E-state index contributed by atoms with van der Waals surface area (Å²) in [6.45, 7) is 0.317. The molecule has 0 saturated heterocycles. The van der Waals surface area contributed by atoms with Crippen LogP contribution in [0.2, 0.25) is 5.02 Å². The number of carbonyl (C=O) groups excluding carboxylic acids is 1. The molecule has 7 nitrogen and oxygen atoms in total. The zero-order chi connectivity index (χ0) is 19.6. The lowest BCUT2D eigenvalue weighted by Gasteiger charge is -2.09. The van der Waals surface area contributed by atoms with Crippen molar-refractivity contribution in [3.05, 3.63) is 63.2 Å². The Morgan fingerprint density at radius 3 is 2.78 bits per heavy atom. The lowest BCUT2D eigenvalue weighted by atomic mass is 10.2. The van der Waals surface area contributed by atoms with Gasteiger partial charge < -0.3 is 14.8 Å². The SMILES string of the molecule is COc1cc(OCC(=O)NCCSCc2ccccc2Cl)ccc1[N+](=O)[O-]. The van der Waals surface area contributed by atoms with Gasteiger partial charge in [-0.05, 0) is 17.7 Å². The molecule has 0 fully saturated rings. The summed E-state index contributed by atoms with van der Waals surface area (Å²) in [5, 5.41) is 14.3. The summed E-state index contributed by atoms with van der Waals surface area (Å²) in [6.07, 6.45) is 0. The van der Waals surface area contributed by atoms with Crippen molar-refractivity contribution in [3.8, 4) is 11.5 Å². The summed E-state index contributed by atoms with van der Waals surface area (Å²) < 4.78 is 10.3. The normalized spacial score (nSPS) is 10.3. The molecule has 0 aliphatic rings. The Kier molecular flexibility index (Phi) is 8.22. The number of hydrogen-bond acceptors (Lipinski definition) is 6. The molecule has 9 heteroatoms. The van der Waals surface area contributed by atoms with Crippen molar-refractivity contribution in [3.63, 3.8) is 0 Å². The molecule has 0 heterocycles. The molecular weight excluding hydrogens is 392 g/mol. The number of benzene rings is 2. The van der Waals surface area contributed by atoms with E-state index in [1.165, 1.54) is 25.3 Å². The quantitative estimate of drug-likeness (QED) is 0.365. The number of halogens is 1. The molecule has 1 amide bonds. The Morgan fingerprint density at radius 2 is 2.07 bits per heavy atom. The molecule has 0 spiro atoms. The van der Waals surface area contributed by atoms with Crippen LogP contribution in [0.5, 0.6) is 11.5 Å². The molecule has 2 rings (SSSR count). The maximum Gasteiger partial charge on any atom is 0.311 e. The Hall–Kier alpha value is -2.45. The molecule has 0 aromatic heterocycles. The van der Waals surface area contributed by atoms with E-state index in [2.05, 4.69) is 5.32 Å². The lowest BCUT2D eigenvalue weighted by Crippen LogP contribution is -2.30. The highest BCUT2D eigenvalue weighted by atomic mass is 35.5. The molecule has 0 bridgehead atoms. The lowest BCUT2D eigenvalue weighted by molar-refractivity contribution is -0.385. The minimum Gasteiger partial charge on any atom is -0.490 e. The summed E-state index contributed by atoms with van der Waals surface area (Å²) in [6, 6.07) is 11.7. The van der Waals surface area contributed by atoms with Crippen molar-refractivity contribution in [2.45, 2.75) is 5.75 Å². The number of nitrogens with one attached hydrogen (secondary N) is 1. The molecule has 0 saturated carbocycles. The van der Waals surface area contributed by atoms with Gasteiger partial charge in [-0.25, -0.2) is 0 Å². The van der Waals surface area contributed by atoms with E-state index in [1.807, 2.05) is 24.3 Å². The van der Waals surface area contributed by atoms with Crippen LogP contribution >= 0.6 is 23.4 Å². The third kappa shape index (κ3) is 6.65. The number of thioether (sulfide) groups is 1. The van der Waals surface area contributed by atoms with Crippen LogP contribution in [0.1, 0.15) is 5.56 Å².